The Morgan fingerprint density at radius 1 is 1.71 bits per heavy atom. The minimum atomic E-state index is -0.386. The number of carbonyl (C=O) groups is 1. The Bertz CT molecular complexity index is 210. The standard InChI is InChI=1S/C9H18N2O3/c1-3-14-9(13)11-4-7(5-12)6(2)8(11)10/h6-8,12H,3-5,10H2,1-2H3. The third-order valence-corrected chi connectivity index (χ3v) is 2.81. The first kappa shape index (κ1) is 11.3. The smallest absolute Gasteiger partial charge is 0.411 e. The van der Waals surface area contributed by atoms with Crippen LogP contribution in [0.1, 0.15) is 13.8 Å². The molecule has 1 saturated heterocycles. The molecule has 0 saturated carbocycles. The van der Waals surface area contributed by atoms with Gasteiger partial charge in [-0.05, 0) is 12.8 Å². The van der Waals surface area contributed by atoms with Gasteiger partial charge in [-0.25, -0.2) is 4.79 Å². The van der Waals surface area contributed by atoms with E-state index in [4.69, 9.17) is 15.6 Å². The highest BCUT2D eigenvalue weighted by Crippen LogP contribution is 2.26. The minimum Gasteiger partial charge on any atom is -0.450 e. The van der Waals surface area contributed by atoms with E-state index in [1.807, 2.05) is 6.92 Å². The van der Waals surface area contributed by atoms with Crippen LogP contribution in [0, 0.1) is 11.8 Å². The Labute approximate surface area is 83.8 Å². The fraction of sp³-hybridized carbons (Fsp3) is 0.889. The molecule has 1 fully saturated rings. The molecule has 82 valence electrons. The number of likely N-dealkylation sites (tertiary alicyclic amines) is 1. The van der Waals surface area contributed by atoms with Crippen LogP contribution >= 0.6 is 0 Å². The molecule has 3 atom stereocenters. The van der Waals surface area contributed by atoms with Crippen LogP contribution in [0.4, 0.5) is 4.79 Å². The number of rotatable bonds is 2. The maximum Gasteiger partial charge on any atom is 0.411 e. The van der Waals surface area contributed by atoms with E-state index in [2.05, 4.69) is 0 Å². The summed E-state index contributed by atoms with van der Waals surface area (Å²) < 4.78 is 4.86. The average Bonchev–Trinajstić information content (AvgIpc) is 2.44. The van der Waals surface area contributed by atoms with Gasteiger partial charge in [0.25, 0.3) is 0 Å². The Hall–Kier alpha value is -0.810. The normalized spacial score (nSPS) is 32.0. The summed E-state index contributed by atoms with van der Waals surface area (Å²) in [7, 11) is 0. The van der Waals surface area contributed by atoms with Crippen LogP contribution in [0.25, 0.3) is 0 Å². The fourth-order valence-electron chi connectivity index (χ4n) is 1.73. The lowest BCUT2D eigenvalue weighted by molar-refractivity contribution is 0.0999. The number of hydrogen-bond acceptors (Lipinski definition) is 4. The Morgan fingerprint density at radius 2 is 2.36 bits per heavy atom. The zero-order valence-electron chi connectivity index (χ0n) is 8.64. The second-order valence-corrected chi connectivity index (χ2v) is 3.64. The van der Waals surface area contributed by atoms with E-state index in [9.17, 15) is 4.79 Å². The van der Waals surface area contributed by atoms with Crippen LogP contribution in [-0.2, 0) is 4.74 Å². The number of hydrogen-bond donors (Lipinski definition) is 2. The van der Waals surface area contributed by atoms with Crippen LogP contribution in [0.2, 0.25) is 0 Å². The summed E-state index contributed by atoms with van der Waals surface area (Å²) in [6, 6.07) is 0. The molecule has 0 aromatic carbocycles. The molecule has 5 heteroatoms. The summed E-state index contributed by atoms with van der Waals surface area (Å²) in [6.07, 6.45) is -0.728. The van der Waals surface area contributed by atoms with Gasteiger partial charge in [-0.1, -0.05) is 6.92 Å². The van der Waals surface area contributed by atoms with Crippen molar-refractivity contribution < 1.29 is 14.6 Å². The molecular weight excluding hydrogens is 184 g/mol. The zero-order chi connectivity index (χ0) is 10.7. The van der Waals surface area contributed by atoms with E-state index in [0.29, 0.717) is 13.2 Å². The molecule has 3 unspecified atom stereocenters. The van der Waals surface area contributed by atoms with Crippen molar-refractivity contribution in [2.75, 3.05) is 19.8 Å². The lowest BCUT2D eigenvalue weighted by Crippen LogP contribution is -2.43. The predicted octanol–water partition coefficient (Wildman–Crippen LogP) is -0.0121. The van der Waals surface area contributed by atoms with E-state index in [0.717, 1.165) is 0 Å². The molecule has 0 spiro atoms. The molecule has 3 N–H and O–H groups in total. The second kappa shape index (κ2) is 4.61. The molecule has 0 bridgehead atoms. The number of aliphatic hydroxyl groups excluding tert-OH is 1. The summed E-state index contributed by atoms with van der Waals surface area (Å²) in [5, 5.41) is 9.05. The predicted molar refractivity (Wildman–Crippen MR) is 51.4 cm³/mol. The Kier molecular flexibility index (Phi) is 3.71. The molecule has 0 aromatic heterocycles. The molecule has 1 heterocycles. The monoisotopic (exact) mass is 202 g/mol. The largest absolute Gasteiger partial charge is 0.450 e. The highest BCUT2D eigenvalue weighted by atomic mass is 16.6. The number of amides is 1. The van der Waals surface area contributed by atoms with Gasteiger partial charge in [0.2, 0.25) is 0 Å². The average molecular weight is 202 g/mol. The summed E-state index contributed by atoms with van der Waals surface area (Å²) in [5.41, 5.74) is 5.83. The van der Waals surface area contributed by atoms with E-state index in [-0.39, 0.29) is 30.7 Å². The summed E-state index contributed by atoms with van der Waals surface area (Å²) in [5.74, 6) is 0.179. The first-order valence-electron chi connectivity index (χ1n) is 4.91. The second-order valence-electron chi connectivity index (χ2n) is 3.64. The van der Waals surface area contributed by atoms with Gasteiger partial charge in [0.15, 0.2) is 0 Å². The van der Waals surface area contributed by atoms with Crippen molar-refractivity contribution in [3.63, 3.8) is 0 Å². The van der Waals surface area contributed by atoms with Gasteiger partial charge in [-0.3, -0.25) is 4.90 Å². The highest BCUT2D eigenvalue weighted by molar-refractivity contribution is 5.68. The van der Waals surface area contributed by atoms with Crippen molar-refractivity contribution in [1.82, 2.24) is 4.90 Å². The van der Waals surface area contributed by atoms with Crippen LogP contribution < -0.4 is 5.73 Å². The molecule has 1 aliphatic rings. The maximum atomic E-state index is 11.4. The van der Waals surface area contributed by atoms with Crippen molar-refractivity contribution in [2.45, 2.75) is 20.0 Å². The quantitative estimate of drug-likeness (QED) is 0.660. The van der Waals surface area contributed by atoms with Gasteiger partial charge in [-0.15, -0.1) is 0 Å². The SMILES string of the molecule is CCOC(=O)N1CC(CO)C(C)C1N. The van der Waals surface area contributed by atoms with Gasteiger partial charge in [-0.2, -0.15) is 0 Å². The first-order chi connectivity index (χ1) is 6.61. The number of carbonyl (C=O) groups excluding carboxylic acids is 1. The third-order valence-electron chi connectivity index (χ3n) is 2.81. The lowest BCUT2D eigenvalue weighted by atomic mass is 9.97. The van der Waals surface area contributed by atoms with Crippen LogP contribution in [0.3, 0.4) is 0 Å². The van der Waals surface area contributed by atoms with Crippen molar-refractivity contribution >= 4 is 6.09 Å². The number of aliphatic hydroxyl groups is 1. The molecule has 14 heavy (non-hydrogen) atoms. The minimum absolute atomic E-state index is 0.0603. The van der Waals surface area contributed by atoms with Gasteiger partial charge in [0, 0.05) is 19.1 Å². The molecule has 5 nitrogen and oxygen atoms in total. The fourth-order valence-corrected chi connectivity index (χ4v) is 1.73. The summed E-state index contributed by atoms with van der Waals surface area (Å²) >= 11 is 0. The Morgan fingerprint density at radius 3 is 2.79 bits per heavy atom. The molecule has 0 aromatic rings. The van der Waals surface area contributed by atoms with Crippen molar-refractivity contribution in [3.05, 3.63) is 0 Å². The van der Waals surface area contributed by atoms with E-state index < -0.39 is 0 Å². The van der Waals surface area contributed by atoms with Crippen LogP contribution in [0.15, 0.2) is 0 Å². The molecule has 0 radical (unpaired) electrons. The third kappa shape index (κ3) is 1.99. The summed E-state index contributed by atoms with van der Waals surface area (Å²) in [6.45, 7) is 4.58. The zero-order valence-corrected chi connectivity index (χ0v) is 8.64. The molecule has 0 aliphatic carbocycles. The molecule has 1 rings (SSSR count). The van der Waals surface area contributed by atoms with Crippen molar-refractivity contribution in [3.8, 4) is 0 Å². The number of nitrogens with zero attached hydrogens (tertiary/aromatic N) is 1. The van der Waals surface area contributed by atoms with Crippen molar-refractivity contribution in [1.29, 1.82) is 0 Å². The summed E-state index contributed by atoms with van der Waals surface area (Å²) in [4.78, 5) is 12.9. The van der Waals surface area contributed by atoms with Gasteiger partial charge < -0.3 is 15.6 Å². The van der Waals surface area contributed by atoms with E-state index in [1.165, 1.54) is 4.90 Å². The van der Waals surface area contributed by atoms with Gasteiger partial charge in [0.05, 0.1) is 12.8 Å². The Balaban J connectivity index is 2.60. The first-order valence-corrected chi connectivity index (χ1v) is 4.91. The van der Waals surface area contributed by atoms with E-state index in [1.54, 1.807) is 6.92 Å². The topological polar surface area (TPSA) is 75.8 Å². The number of nitrogens with two attached hydrogens (primary N) is 1. The maximum absolute atomic E-state index is 11.4. The van der Waals surface area contributed by atoms with Crippen molar-refractivity contribution in [2.24, 2.45) is 17.6 Å². The molecular formula is C9H18N2O3. The molecule has 1 aliphatic heterocycles. The van der Waals surface area contributed by atoms with Gasteiger partial charge >= 0.3 is 6.09 Å². The van der Waals surface area contributed by atoms with Crippen LogP contribution in [-0.4, -0.2) is 42.0 Å². The van der Waals surface area contributed by atoms with Crippen LogP contribution in [0.5, 0.6) is 0 Å². The molecule has 1 amide bonds. The highest BCUT2D eigenvalue weighted by Gasteiger charge is 2.39. The van der Waals surface area contributed by atoms with Gasteiger partial charge in [0.1, 0.15) is 0 Å². The number of ether oxygens (including phenoxy) is 1. The van der Waals surface area contributed by atoms with E-state index >= 15 is 0 Å². The lowest BCUT2D eigenvalue weighted by Gasteiger charge is -2.21.